The number of amides is 1. The molecular weight excluding hydrogens is 444 g/mol. The molecule has 0 bridgehead atoms. The lowest BCUT2D eigenvalue weighted by Crippen LogP contribution is -2.23. The normalized spacial score (nSPS) is 11.1. The zero-order chi connectivity index (χ0) is 19.2. The van der Waals surface area contributed by atoms with Crippen LogP contribution < -0.4 is 4.74 Å². The number of benzene rings is 1. The first-order valence-electron chi connectivity index (χ1n) is 8.31. The number of halogens is 1. The number of hydrogen-bond donors (Lipinski definition) is 0. The van der Waals surface area contributed by atoms with Crippen molar-refractivity contribution < 1.29 is 9.53 Å². The number of aryl methyl sites for hydroxylation is 1. The Morgan fingerprint density at radius 2 is 2.11 bits per heavy atom. The van der Waals surface area contributed by atoms with Crippen LogP contribution in [-0.2, 0) is 17.9 Å². The second-order valence-corrected chi connectivity index (χ2v) is 9.53. The summed E-state index contributed by atoms with van der Waals surface area (Å²) in [6, 6.07) is 11.7. The Hall–Kier alpha value is -1.96. The molecule has 0 saturated heterocycles. The van der Waals surface area contributed by atoms with Crippen molar-refractivity contribution in [3.8, 4) is 5.75 Å². The van der Waals surface area contributed by atoms with Gasteiger partial charge in [-0.05, 0) is 47.1 Å². The molecule has 0 N–H and O–H groups in total. The second-order valence-electron chi connectivity index (χ2n) is 5.92. The molecule has 0 radical (unpaired) electrons. The lowest BCUT2D eigenvalue weighted by atomic mass is 10.2. The van der Waals surface area contributed by atoms with Crippen LogP contribution in [0.5, 0.6) is 5.75 Å². The number of thiophene rings is 1. The van der Waals surface area contributed by atoms with Crippen molar-refractivity contribution in [2.75, 3.05) is 7.05 Å². The van der Waals surface area contributed by atoms with E-state index in [-0.39, 0.29) is 5.91 Å². The van der Waals surface area contributed by atoms with Gasteiger partial charge in [0.1, 0.15) is 12.4 Å². The minimum absolute atomic E-state index is 0.0514. The van der Waals surface area contributed by atoms with Crippen molar-refractivity contribution in [2.24, 2.45) is 0 Å². The van der Waals surface area contributed by atoms with Gasteiger partial charge in [0.25, 0.3) is 0 Å². The standard InChI is InChI=1S/C20H19BrN2O2S2/c1-14-22-16(13-26-14)12-25-18-6-4-3-5-15(18)7-10-20(24)23(2)11-17-8-9-19(21)27-17/h3-10,13H,11-12H2,1-2H3/b10-7+. The van der Waals surface area contributed by atoms with Crippen LogP contribution in [0.4, 0.5) is 0 Å². The molecule has 0 atom stereocenters. The van der Waals surface area contributed by atoms with Crippen molar-refractivity contribution in [3.63, 3.8) is 0 Å². The molecule has 2 heterocycles. The first-order valence-corrected chi connectivity index (χ1v) is 10.8. The third-order valence-corrected chi connectivity index (χ3v) is 6.20. The third-order valence-electron chi connectivity index (χ3n) is 3.76. The lowest BCUT2D eigenvalue weighted by Gasteiger charge is -2.14. The Bertz CT molecular complexity index is 949. The number of nitrogens with zero attached hydrogens (tertiary/aromatic N) is 2. The topological polar surface area (TPSA) is 42.4 Å². The summed E-state index contributed by atoms with van der Waals surface area (Å²) in [5.74, 6) is 0.682. The van der Waals surface area contributed by atoms with Gasteiger partial charge in [-0.25, -0.2) is 4.98 Å². The van der Waals surface area contributed by atoms with E-state index in [4.69, 9.17) is 4.74 Å². The van der Waals surface area contributed by atoms with Gasteiger partial charge in [0.05, 0.1) is 21.0 Å². The number of likely N-dealkylation sites (N-methyl/N-ethyl adjacent to an activating group) is 1. The number of ether oxygens (including phenoxy) is 1. The van der Waals surface area contributed by atoms with Crippen LogP contribution in [0.2, 0.25) is 0 Å². The van der Waals surface area contributed by atoms with Gasteiger partial charge >= 0.3 is 0 Å². The smallest absolute Gasteiger partial charge is 0.246 e. The quantitative estimate of drug-likeness (QED) is 0.433. The molecule has 3 aromatic rings. The molecule has 0 saturated carbocycles. The van der Waals surface area contributed by atoms with Crippen LogP contribution in [0, 0.1) is 6.92 Å². The van der Waals surface area contributed by atoms with Crippen LogP contribution in [0.25, 0.3) is 6.08 Å². The van der Waals surface area contributed by atoms with Gasteiger partial charge in [-0.2, -0.15) is 0 Å². The summed E-state index contributed by atoms with van der Waals surface area (Å²) < 4.78 is 6.96. The predicted molar refractivity (Wildman–Crippen MR) is 115 cm³/mol. The van der Waals surface area contributed by atoms with Crippen molar-refractivity contribution in [1.29, 1.82) is 0 Å². The van der Waals surface area contributed by atoms with Crippen molar-refractivity contribution in [3.05, 3.63) is 72.8 Å². The highest BCUT2D eigenvalue weighted by Crippen LogP contribution is 2.24. The number of carbonyl (C=O) groups is 1. The first kappa shape index (κ1) is 19.8. The Morgan fingerprint density at radius 1 is 1.30 bits per heavy atom. The van der Waals surface area contributed by atoms with E-state index in [1.165, 1.54) is 0 Å². The maximum absolute atomic E-state index is 12.4. The van der Waals surface area contributed by atoms with E-state index >= 15 is 0 Å². The highest BCUT2D eigenvalue weighted by molar-refractivity contribution is 9.11. The predicted octanol–water partition coefficient (Wildman–Crippen LogP) is 5.53. The molecule has 7 heteroatoms. The largest absolute Gasteiger partial charge is 0.487 e. The molecule has 3 rings (SSSR count). The SMILES string of the molecule is Cc1nc(COc2ccccc2/C=C/C(=O)N(C)Cc2ccc(Br)s2)cs1. The van der Waals surface area contributed by atoms with E-state index in [1.54, 1.807) is 46.8 Å². The van der Waals surface area contributed by atoms with E-state index in [9.17, 15) is 4.79 Å². The number of hydrogen-bond acceptors (Lipinski definition) is 5. The van der Waals surface area contributed by atoms with Gasteiger partial charge in [0, 0.05) is 28.9 Å². The zero-order valence-electron chi connectivity index (χ0n) is 15.0. The zero-order valence-corrected chi connectivity index (χ0v) is 18.2. The summed E-state index contributed by atoms with van der Waals surface area (Å²) in [4.78, 5) is 19.6. The van der Waals surface area contributed by atoms with E-state index in [0.29, 0.717) is 13.2 Å². The number of thiazole rings is 1. The van der Waals surface area contributed by atoms with E-state index in [0.717, 1.165) is 30.7 Å². The van der Waals surface area contributed by atoms with E-state index in [1.807, 2.05) is 48.7 Å². The fourth-order valence-electron chi connectivity index (χ4n) is 2.41. The molecule has 4 nitrogen and oxygen atoms in total. The molecule has 2 aromatic heterocycles. The highest BCUT2D eigenvalue weighted by Gasteiger charge is 2.08. The Balaban J connectivity index is 1.62. The van der Waals surface area contributed by atoms with Crippen molar-refractivity contribution in [2.45, 2.75) is 20.1 Å². The number of aromatic nitrogens is 1. The minimum Gasteiger partial charge on any atom is -0.487 e. The molecule has 1 aromatic carbocycles. The average molecular weight is 463 g/mol. The maximum Gasteiger partial charge on any atom is 0.246 e. The Kier molecular flexibility index (Phi) is 6.82. The molecule has 0 aliphatic heterocycles. The van der Waals surface area contributed by atoms with Gasteiger partial charge in [-0.3, -0.25) is 4.79 Å². The maximum atomic E-state index is 12.4. The highest BCUT2D eigenvalue weighted by atomic mass is 79.9. The first-order chi connectivity index (χ1) is 13.0. The summed E-state index contributed by atoms with van der Waals surface area (Å²) in [6.07, 6.45) is 3.38. The lowest BCUT2D eigenvalue weighted by molar-refractivity contribution is -0.125. The molecule has 0 unspecified atom stereocenters. The van der Waals surface area contributed by atoms with Gasteiger partial charge in [-0.1, -0.05) is 18.2 Å². The average Bonchev–Trinajstić information content (AvgIpc) is 3.26. The molecule has 0 aliphatic rings. The monoisotopic (exact) mass is 462 g/mol. The van der Waals surface area contributed by atoms with Crippen molar-refractivity contribution >= 4 is 50.6 Å². The van der Waals surface area contributed by atoms with E-state index < -0.39 is 0 Å². The fourth-order valence-corrected chi connectivity index (χ4v) is 4.55. The summed E-state index contributed by atoms with van der Waals surface area (Å²) >= 11 is 6.68. The van der Waals surface area contributed by atoms with Gasteiger partial charge < -0.3 is 9.64 Å². The summed E-state index contributed by atoms with van der Waals surface area (Å²) in [5, 5.41) is 3.02. The Morgan fingerprint density at radius 3 is 2.81 bits per heavy atom. The van der Waals surface area contributed by atoms with Crippen LogP contribution in [0.15, 0.2) is 51.6 Å². The number of rotatable bonds is 7. The minimum atomic E-state index is -0.0514. The van der Waals surface area contributed by atoms with E-state index in [2.05, 4.69) is 20.9 Å². The summed E-state index contributed by atoms with van der Waals surface area (Å²) in [5.41, 5.74) is 1.78. The summed E-state index contributed by atoms with van der Waals surface area (Å²) in [7, 11) is 1.80. The van der Waals surface area contributed by atoms with Crippen LogP contribution in [0.3, 0.4) is 0 Å². The van der Waals surface area contributed by atoms with Gasteiger partial charge in [0.2, 0.25) is 5.91 Å². The fraction of sp³-hybridized carbons (Fsp3) is 0.200. The molecule has 140 valence electrons. The van der Waals surface area contributed by atoms with Crippen LogP contribution in [0.1, 0.15) is 21.1 Å². The molecule has 27 heavy (non-hydrogen) atoms. The van der Waals surface area contributed by atoms with Crippen LogP contribution in [-0.4, -0.2) is 22.8 Å². The van der Waals surface area contributed by atoms with Crippen LogP contribution >= 0.6 is 38.6 Å². The molecular formula is C20H19BrN2O2S2. The Labute approximate surface area is 175 Å². The molecule has 0 fully saturated rings. The summed E-state index contributed by atoms with van der Waals surface area (Å²) in [6.45, 7) is 2.97. The van der Waals surface area contributed by atoms with Gasteiger partial charge in [-0.15, -0.1) is 22.7 Å². The second kappa shape index (κ2) is 9.30. The molecule has 0 aliphatic carbocycles. The third kappa shape index (κ3) is 5.76. The van der Waals surface area contributed by atoms with Crippen molar-refractivity contribution in [1.82, 2.24) is 9.88 Å². The number of carbonyl (C=O) groups excluding carboxylic acids is 1. The number of para-hydroxylation sites is 1. The van der Waals surface area contributed by atoms with Gasteiger partial charge in [0.15, 0.2) is 0 Å². The molecule has 0 spiro atoms. The molecule has 1 amide bonds.